The Labute approximate surface area is 225 Å². The van der Waals surface area contributed by atoms with Gasteiger partial charge in [-0.15, -0.1) is 0 Å². The van der Waals surface area contributed by atoms with Gasteiger partial charge in [-0.1, -0.05) is 64.5 Å². The molecule has 0 spiro atoms. The smallest absolute Gasteiger partial charge is 0.244 e. The van der Waals surface area contributed by atoms with E-state index >= 15 is 0 Å². The number of carbonyl (C=O) groups excluding carboxylic acids is 2. The van der Waals surface area contributed by atoms with Crippen molar-refractivity contribution in [1.29, 1.82) is 0 Å². The molecule has 0 saturated heterocycles. The van der Waals surface area contributed by atoms with Gasteiger partial charge in [0.2, 0.25) is 21.8 Å². The summed E-state index contributed by atoms with van der Waals surface area (Å²) >= 11 is 3.32. The van der Waals surface area contributed by atoms with E-state index in [1.165, 1.54) is 23.1 Å². The highest BCUT2D eigenvalue weighted by Crippen LogP contribution is 2.23. The average molecular weight is 591 g/mol. The maximum atomic E-state index is 14.7. The van der Waals surface area contributed by atoms with Crippen molar-refractivity contribution in [3.63, 3.8) is 0 Å². The Kier molecular flexibility index (Phi) is 9.82. The van der Waals surface area contributed by atoms with Crippen LogP contribution >= 0.6 is 15.9 Å². The molecule has 0 heterocycles. The van der Waals surface area contributed by atoms with Crippen LogP contribution in [0.2, 0.25) is 0 Å². The molecule has 0 saturated carbocycles. The van der Waals surface area contributed by atoms with Gasteiger partial charge < -0.3 is 10.2 Å². The van der Waals surface area contributed by atoms with Crippen LogP contribution in [0.5, 0.6) is 0 Å². The molecule has 7 nitrogen and oxygen atoms in total. The zero-order chi connectivity index (χ0) is 27.0. The van der Waals surface area contributed by atoms with Crippen molar-refractivity contribution in [3.05, 3.63) is 100 Å². The standard InChI is InChI=1S/C27H29BrFN3O4S/c1-3-30-27(34)25(17-20-9-5-4-6-10-20)31(18-21-11-7-8-12-24(21)29)26(33)19-32(37(2,35)36)23-15-13-22(28)14-16-23/h4-16,25H,3,17-19H2,1-2H3,(H,30,34). The highest BCUT2D eigenvalue weighted by atomic mass is 79.9. The molecule has 1 atom stereocenters. The molecule has 3 aromatic rings. The van der Waals surface area contributed by atoms with Gasteiger partial charge in [0.15, 0.2) is 0 Å². The third-order valence-electron chi connectivity index (χ3n) is 5.71. The minimum atomic E-state index is -3.86. The second kappa shape index (κ2) is 12.8. The van der Waals surface area contributed by atoms with E-state index in [0.717, 1.165) is 20.6 Å². The van der Waals surface area contributed by atoms with Crippen LogP contribution in [-0.4, -0.2) is 50.5 Å². The minimum absolute atomic E-state index is 0.171. The first-order chi connectivity index (χ1) is 17.6. The summed E-state index contributed by atoms with van der Waals surface area (Å²) in [5.74, 6) is -1.57. The van der Waals surface area contributed by atoms with Crippen LogP contribution in [0.4, 0.5) is 10.1 Å². The average Bonchev–Trinajstić information content (AvgIpc) is 2.86. The zero-order valence-corrected chi connectivity index (χ0v) is 23.0. The topological polar surface area (TPSA) is 86.8 Å². The van der Waals surface area contributed by atoms with Gasteiger partial charge in [0.1, 0.15) is 18.4 Å². The van der Waals surface area contributed by atoms with Gasteiger partial charge in [-0.25, -0.2) is 12.8 Å². The third-order valence-corrected chi connectivity index (χ3v) is 7.38. The van der Waals surface area contributed by atoms with Crippen LogP contribution in [0, 0.1) is 5.82 Å². The molecule has 0 aliphatic rings. The first kappa shape index (κ1) is 28.3. The highest BCUT2D eigenvalue weighted by molar-refractivity contribution is 9.10. The Morgan fingerprint density at radius 1 is 0.973 bits per heavy atom. The Morgan fingerprint density at radius 3 is 2.19 bits per heavy atom. The number of amides is 2. The highest BCUT2D eigenvalue weighted by Gasteiger charge is 2.33. The molecule has 1 unspecified atom stereocenters. The number of benzene rings is 3. The monoisotopic (exact) mass is 589 g/mol. The van der Waals surface area contributed by atoms with Crippen molar-refractivity contribution in [2.45, 2.75) is 25.9 Å². The predicted molar refractivity (Wildman–Crippen MR) is 146 cm³/mol. The van der Waals surface area contributed by atoms with Crippen molar-refractivity contribution in [2.75, 3.05) is 23.7 Å². The lowest BCUT2D eigenvalue weighted by Gasteiger charge is -2.33. The number of nitrogens with zero attached hydrogens (tertiary/aromatic N) is 2. The summed E-state index contributed by atoms with van der Waals surface area (Å²) in [6.45, 7) is 1.33. The Balaban J connectivity index is 2.04. The number of hydrogen-bond donors (Lipinski definition) is 1. The number of halogens is 2. The molecule has 0 aliphatic heterocycles. The van der Waals surface area contributed by atoms with Crippen LogP contribution in [0.15, 0.2) is 83.3 Å². The molecule has 1 N–H and O–H groups in total. The fourth-order valence-electron chi connectivity index (χ4n) is 3.88. The molecule has 0 aromatic heterocycles. The van der Waals surface area contributed by atoms with Crippen LogP contribution in [0.3, 0.4) is 0 Å². The first-order valence-corrected chi connectivity index (χ1v) is 14.3. The van der Waals surface area contributed by atoms with E-state index in [9.17, 15) is 22.4 Å². The molecule has 0 radical (unpaired) electrons. The largest absolute Gasteiger partial charge is 0.355 e. The molecule has 3 aromatic carbocycles. The maximum absolute atomic E-state index is 14.7. The van der Waals surface area contributed by atoms with E-state index in [0.29, 0.717) is 12.2 Å². The fraction of sp³-hybridized carbons (Fsp3) is 0.259. The van der Waals surface area contributed by atoms with Gasteiger partial charge in [-0.3, -0.25) is 13.9 Å². The summed E-state index contributed by atoms with van der Waals surface area (Å²) < 4.78 is 41.8. The number of hydrogen-bond acceptors (Lipinski definition) is 4. The summed E-state index contributed by atoms with van der Waals surface area (Å²) in [6, 6.07) is 20.6. The second-order valence-corrected chi connectivity index (χ2v) is 11.3. The van der Waals surface area contributed by atoms with Crippen LogP contribution in [0.1, 0.15) is 18.1 Å². The maximum Gasteiger partial charge on any atom is 0.244 e. The third kappa shape index (κ3) is 7.87. The second-order valence-electron chi connectivity index (χ2n) is 8.46. The SMILES string of the molecule is CCNC(=O)C(Cc1ccccc1)N(Cc1ccccc1F)C(=O)CN(c1ccc(Br)cc1)S(C)(=O)=O. The number of carbonyl (C=O) groups is 2. The summed E-state index contributed by atoms with van der Waals surface area (Å²) in [7, 11) is -3.86. The van der Waals surface area contributed by atoms with Gasteiger partial charge in [0, 0.05) is 29.5 Å². The van der Waals surface area contributed by atoms with E-state index in [2.05, 4.69) is 21.2 Å². The number of nitrogens with one attached hydrogen (secondary N) is 1. The van der Waals surface area contributed by atoms with Crippen LogP contribution in [0.25, 0.3) is 0 Å². The molecule has 10 heteroatoms. The Morgan fingerprint density at radius 2 is 1.59 bits per heavy atom. The Bertz CT molecular complexity index is 1320. The molecule has 0 fully saturated rings. The molecular formula is C27H29BrFN3O4S. The molecule has 0 bridgehead atoms. The molecule has 2 amide bonds. The summed E-state index contributed by atoms with van der Waals surface area (Å²) in [4.78, 5) is 28.3. The Hall–Kier alpha value is -3.24. The van der Waals surface area contributed by atoms with Gasteiger partial charge in [-0.2, -0.15) is 0 Å². The van der Waals surface area contributed by atoms with Gasteiger partial charge >= 0.3 is 0 Å². The normalized spacial score (nSPS) is 12.0. The number of rotatable bonds is 11. The van der Waals surface area contributed by atoms with Crippen LogP contribution < -0.4 is 9.62 Å². The summed E-state index contributed by atoms with van der Waals surface area (Å²) in [5.41, 5.74) is 1.31. The molecule has 37 heavy (non-hydrogen) atoms. The van der Waals surface area contributed by atoms with E-state index in [4.69, 9.17) is 0 Å². The lowest BCUT2D eigenvalue weighted by molar-refractivity contribution is -0.140. The van der Waals surface area contributed by atoms with Crippen LogP contribution in [-0.2, 0) is 32.6 Å². The molecule has 3 rings (SSSR count). The van der Waals surface area contributed by atoms with Crippen molar-refractivity contribution >= 4 is 43.5 Å². The molecular weight excluding hydrogens is 561 g/mol. The van der Waals surface area contributed by atoms with E-state index in [1.807, 2.05) is 30.3 Å². The number of sulfonamides is 1. The zero-order valence-electron chi connectivity index (χ0n) is 20.6. The van der Waals surface area contributed by atoms with E-state index < -0.39 is 40.2 Å². The van der Waals surface area contributed by atoms with Crippen molar-refractivity contribution in [3.8, 4) is 0 Å². The lowest BCUT2D eigenvalue weighted by atomic mass is 10.0. The van der Waals surface area contributed by atoms with E-state index in [-0.39, 0.29) is 18.5 Å². The lowest BCUT2D eigenvalue weighted by Crippen LogP contribution is -2.53. The summed E-state index contributed by atoms with van der Waals surface area (Å²) in [5, 5.41) is 2.76. The summed E-state index contributed by atoms with van der Waals surface area (Å²) in [6.07, 6.45) is 1.18. The number of anilines is 1. The van der Waals surface area contributed by atoms with E-state index in [1.54, 1.807) is 37.3 Å². The van der Waals surface area contributed by atoms with Crippen molar-refractivity contribution in [2.24, 2.45) is 0 Å². The van der Waals surface area contributed by atoms with Crippen molar-refractivity contribution in [1.82, 2.24) is 10.2 Å². The molecule has 196 valence electrons. The van der Waals surface area contributed by atoms with Crippen molar-refractivity contribution < 1.29 is 22.4 Å². The quantitative estimate of drug-likeness (QED) is 0.364. The number of likely N-dealkylation sites (N-methyl/N-ethyl adjacent to an activating group) is 1. The van der Waals surface area contributed by atoms with Gasteiger partial charge in [-0.05, 0) is 42.8 Å². The van der Waals surface area contributed by atoms with Gasteiger partial charge in [0.25, 0.3) is 0 Å². The molecule has 0 aliphatic carbocycles. The minimum Gasteiger partial charge on any atom is -0.355 e. The predicted octanol–water partition coefficient (Wildman–Crippen LogP) is 4.13. The first-order valence-electron chi connectivity index (χ1n) is 11.7. The fourth-order valence-corrected chi connectivity index (χ4v) is 4.99. The van der Waals surface area contributed by atoms with Gasteiger partial charge in [0.05, 0.1) is 11.9 Å².